The quantitative estimate of drug-likeness (QED) is 0.643. The molecular formula is C10H15BrN6S. The lowest BCUT2D eigenvalue weighted by Gasteiger charge is -2.17. The van der Waals surface area contributed by atoms with Crippen molar-refractivity contribution in [2.45, 2.75) is 32.9 Å². The average Bonchev–Trinajstić information content (AvgIpc) is 2.98. The second-order valence-electron chi connectivity index (χ2n) is 3.73. The van der Waals surface area contributed by atoms with Gasteiger partial charge in [0.15, 0.2) is 0 Å². The third kappa shape index (κ3) is 2.33. The van der Waals surface area contributed by atoms with Crippen LogP contribution in [-0.4, -0.2) is 19.4 Å². The Labute approximate surface area is 118 Å². The molecule has 2 rings (SSSR count). The number of aryl methyl sites for hydroxylation is 2. The summed E-state index contributed by atoms with van der Waals surface area (Å²) < 4.78 is 6.85. The Morgan fingerprint density at radius 1 is 1.56 bits per heavy atom. The molecule has 0 bridgehead atoms. The van der Waals surface area contributed by atoms with Crippen LogP contribution < -0.4 is 11.3 Å². The summed E-state index contributed by atoms with van der Waals surface area (Å²) in [5.41, 5.74) is 4.81. The van der Waals surface area contributed by atoms with E-state index in [1.54, 1.807) is 6.20 Å². The van der Waals surface area contributed by atoms with Crippen molar-refractivity contribution in [3.05, 3.63) is 26.9 Å². The third-order valence-corrected chi connectivity index (χ3v) is 4.20. The standard InChI is InChI=1S/C10H15BrN6S/c1-3-7-10(18-16-15-7)8(14-12)9-6(11)5-13-17(9)4-2/h5,8,14H,3-4,12H2,1-2H3. The summed E-state index contributed by atoms with van der Waals surface area (Å²) in [5.74, 6) is 5.71. The van der Waals surface area contributed by atoms with Crippen LogP contribution in [0.1, 0.15) is 36.2 Å². The second kappa shape index (κ2) is 5.87. The lowest BCUT2D eigenvalue weighted by atomic mass is 10.1. The number of rotatable bonds is 5. The zero-order chi connectivity index (χ0) is 13.1. The molecule has 2 heterocycles. The van der Waals surface area contributed by atoms with Gasteiger partial charge in [-0.05, 0) is 40.8 Å². The van der Waals surface area contributed by atoms with E-state index in [0.717, 1.165) is 33.7 Å². The Balaban J connectivity index is 2.48. The normalized spacial score (nSPS) is 12.9. The number of hydrogen-bond donors (Lipinski definition) is 2. The topological polar surface area (TPSA) is 81.7 Å². The van der Waals surface area contributed by atoms with E-state index >= 15 is 0 Å². The van der Waals surface area contributed by atoms with Gasteiger partial charge in [0.05, 0.1) is 26.9 Å². The molecule has 0 aliphatic carbocycles. The van der Waals surface area contributed by atoms with Gasteiger partial charge in [-0.15, -0.1) is 5.10 Å². The van der Waals surface area contributed by atoms with Gasteiger partial charge in [0.2, 0.25) is 0 Å². The second-order valence-corrected chi connectivity index (χ2v) is 5.37. The van der Waals surface area contributed by atoms with Crippen molar-refractivity contribution in [2.24, 2.45) is 5.84 Å². The molecule has 0 saturated carbocycles. The van der Waals surface area contributed by atoms with E-state index in [1.807, 2.05) is 11.6 Å². The number of hydrogen-bond acceptors (Lipinski definition) is 6. The Hall–Kier alpha value is -0.830. The first kappa shape index (κ1) is 13.6. The summed E-state index contributed by atoms with van der Waals surface area (Å²) in [4.78, 5) is 1.04. The van der Waals surface area contributed by atoms with Gasteiger partial charge in [-0.25, -0.2) is 5.43 Å². The van der Waals surface area contributed by atoms with Gasteiger partial charge in [0.1, 0.15) is 6.04 Å². The van der Waals surface area contributed by atoms with Crippen molar-refractivity contribution in [1.82, 2.24) is 24.8 Å². The van der Waals surface area contributed by atoms with Gasteiger partial charge in [-0.1, -0.05) is 11.4 Å². The SMILES string of the molecule is CCc1nnsc1C(NN)c1c(Br)cnn1CC. The van der Waals surface area contributed by atoms with E-state index in [4.69, 9.17) is 5.84 Å². The van der Waals surface area contributed by atoms with Crippen LogP contribution in [0, 0.1) is 0 Å². The van der Waals surface area contributed by atoms with Gasteiger partial charge in [0.25, 0.3) is 0 Å². The van der Waals surface area contributed by atoms with Crippen LogP contribution in [0.25, 0.3) is 0 Å². The smallest absolute Gasteiger partial charge is 0.102 e. The Bertz CT molecular complexity index is 522. The highest BCUT2D eigenvalue weighted by molar-refractivity contribution is 9.10. The van der Waals surface area contributed by atoms with Crippen molar-refractivity contribution >= 4 is 27.5 Å². The minimum Gasteiger partial charge on any atom is -0.270 e. The predicted octanol–water partition coefficient (Wildman–Crippen LogP) is 1.63. The fraction of sp³-hybridized carbons (Fsp3) is 0.500. The molecule has 18 heavy (non-hydrogen) atoms. The molecule has 0 aliphatic rings. The first-order valence-corrected chi connectivity index (χ1v) is 7.27. The van der Waals surface area contributed by atoms with Crippen molar-refractivity contribution < 1.29 is 0 Å². The third-order valence-electron chi connectivity index (χ3n) is 2.76. The maximum absolute atomic E-state index is 5.71. The zero-order valence-electron chi connectivity index (χ0n) is 10.2. The molecule has 0 radical (unpaired) electrons. The van der Waals surface area contributed by atoms with Crippen LogP contribution >= 0.6 is 27.5 Å². The van der Waals surface area contributed by atoms with E-state index in [9.17, 15) is 0 Å². The molecule has 0 fully saturated rings. The Morgan fingerprint density at radius 2 is 2.33 bits per heavy atom. The van der Waals surface area contributed by atoms with Crippen LogP contribution in [0.5, 0.6) is 0 Å². The predicted molar refractivity (Wildman–Crippen MR) is 74.1 cm³/mol. The first-order valence-electron chi connectivity index (χ1n) is 5.71. The van der Waals surface area contributed by atoms with Gasteiger partial charge in [-0.3, -0.25) is 10.5 Å². The van der Waals surface area contributed by atoms with E-state index in [1.165, 1.54) is 11.5 Å². The molecule has 0 aliphatic heterocycles. The van der Waals surface area contributed by atoms with Gasteiger partial charge in [0, 0.05) is 6.54 Å². The fourth-order valence-corrected chi connectivity index (χ4v) is 3.20. The van der Waals surface area contributed by atoms with E-state index in [2.05, 4.69) is 43.0 Å². The first-order chi connectivity index (χ1) is 8.72. The molecule has 2 aromatic heterocycles. The van der Waals surface area contributed by atoms with Crippen LogP contribution in [0.4, 0.5) is 0 Å². The Morgan fingerprint density at radius 3 is 2.94 bits per heavy atom. The summed E-state index contributed by atoms with van der Waals surface area (Å²) in [7, 11) is 0. The molecule has 0 spiro atoms. The lowest BCUT2D eigenvalue weighted by Crippen LogP contribution is -2.31. The molecule has 8 heteroatoms. The average molecular weight is 331 g/mol. The summed E-state index contributed by atoms with van der Waals surface area (Å²) in [6.07, 6.45) is 2.62. The van der Waals surface area contributed by atoms with Crippen molar-refractivity contribution in [1.29, 1.82) is 0 Å². The van der Waals surface area contributed by atoms with Crippen molar-refractivity contribution in [3.63, 3.8) is 0 Å². The molecule has 0 saturated heterocycles. The van der Waals surface area contributed by atoms with Crippen LogP contribution in [0.3, 0.4) is 0 Å². The summed E-state index contributed by atoms with van der Waals surface area (Å²) in [6, 6.07) is -0.142. The number of hydrazine groups is 1. The fourth-order valence-electron chi connectivity index (χ4n) is 1.87. The monoisotopic (exact) mass is 330 g/mol. The maximum Gasteiger partial charge on any atom is 0.102 e. The number of nitrogens with one attached hydrogen (secondary N) is 1. The van der Waals surface area contributed by atoms with Crippen molar-refractivity contribution in [3.8, 4) is 0 Å². The summed E-state index contributed by atoms with van der Waals surface area (Å²) >= 11 is 4.88. The Kier molecular flexibility index (Phi) is 4.44. The van der Waals surface area contributed by atoms with E-state index < -0.39 is 0 Å². The van der Waals surface area contributed by atoms with Crippen LogP contribution in [0.2, 0.25) is 0 Å². The summed E-state index contributed by atoms with van der Waals surface area (Å²) in [5, 5.41) is 8.43. The summed E-state index contributed by atoms with van der Waals surface area (Å²) in [6.45, 7) is 4.88. The number of halogens is 1. The zero-order valence-corrected chi connectivity index (χ0v) is 12.6. The highest BCUT2D eigenvalue weighted by Gasteiger charge is 2.25. The minimum absolute atomic E-state index is 0.142. The molecular weight excluding hydrogens is 316 g/mol. The molecule has 2 aromatic rings. The van der Waals surface area contributed by atoms with E-state index in [0.29, 0.717) is 0 Å². The van der Waals surface area contributed by atoms with Gasteiger partial charge in [-0.2, -0.15) is 5.10 Å². The van der Waals surface area contributed by atoms with Gasteiger partial charge >= 0.3 is 0 Å². The molecule has 1 unspecified atom stereocenters. The van der Waals surface area contributed by atoms with Crippen molar-refractivity contribution in [2.75, 3.05) is 0 Å². The maximum atomic E-state index is 5.71. The highest BCUT2D eigenvalue weighted by atomic mass is 79.9. The minimum atomic E-state index is -0.142. The molecule has 1 atom stereocenters. The largest absolute Gasteiger partial charge is 0.270 e. The lowest BCUT2D eigenvalue weighted by molar-refractivity contribution is 0.544. The molecule has 98 valence electrons. The highest BCUT2D eigenvalue weighted by Crippen LogP contribution is 2.31. The van der Waals surface area contributed by atoms with Crippen LogP contribution in [0.15, 0.2) is 10.7 Å². The number of nitrogens with two attached hydrogens (primary N) is 1. The van der Waals surface area contributed by atoms with Gasteiger partial charge < -0.3 is 0 Å². The van der Waals surface area contributed by atoms with Crippen LogP contribution in [-0.2, 0) is 13.0 Å². The number of aromatic nitrogens is 4. The molecule has 6 nitrogen and oxygen atoms in total. The molecule has 0 aromatic carbocycles. The molecule has 0 amide bonds. The number of nitrogens with zero attached hydrogens (tertiary/aromatic N) is 4. The van der Waals surface area contributed by atoms with E-state index in [-0.39, 0.29) is 6.04 Å². The molecule has 3 N–H and O–H groups in total.